The number of alkyl halides is 1. The molecule has 0 radical (unpaired) electrons. The Hall–Kier alpha value is -1.45. The zero-order valence-electron chi connectivity index (χ0n) is 6.66. The first-order valence-corrected chi connectivity index (χ1v) is 3.65. The Morgan fingerprint density at radius 3 is 3.08 bits per heavy atom. The average molecular weight is 165 g/mol. The van der Waals surface area contributed by atoms with Crippen LogP contribution in [0.4, 0.5) is 4.39 Å². The maximum absolute atomic E-state index is 12.3. The van der Waals surface area contributed by atoms with E-state index in [9.17, 15) is 4.39 Å². The lowest BCUT2D eigenvalue weighted by atomic mass is 10.4. The molecule has 0 aliphatic heterocycles. The molecule has 0 fully saturated rings. The average Bonchev–Trinajstić information content (AvgIpc) is 2.44. The Balaban J connectivity index is 2.78. The van der Waals surface area contributed by atoms with Crippen molar-refractivity contribution >= 4 is 11.2 Å². The van der Waals surface area contributed by atoms with E-state index >= 15 is 0 Å². The molecular weight excluding hydrogens is 157 g/mol. The van der Waals surface area contributed by atoms with Crippen molar-refractivity contribution in [1.29, 1.82) is 0 Å². The molecule has 2 aromatic heterocycles. The highest BCUT2D eigenvalue weighted by Crippen LogP contribution is 2.11. The first kappa shape index (κ1) is 7.21. The van der Waals surface area contributed by atoms with Gasteiger partial charge in [-0.15, -0.1) is 0 Å². The van der Waals surface area contributed by atoms with Gasteiger partial charge in [-0.25, -0.2) is 14.4 Å². The third kappa shape index (κ3) is 0.879. The van der Waals surface area contributed by atoms with Crippen LogP contribution in [0, 0.1) is 0 Å². The van der Waals surface area contributed by atoms with Crippen LogP contribution in [0.25, 0.3) is 11.2 Å². The van der Waals surface area contributed by atoms with Crippen molar-refractivity contribution < 1.29 is 4.39 Å². The van der Waals surface area contributed by atoms with E-state index in [0.29, 0.717) is 5.82 Å². The Labute approximate surface area is 68.9 Å². The van der Waals surface area contributed by atoms with Crippen LogP contribution in [-0.4, -0.2) is 14.5 Å². The molecule has 12 heavy (non-hydrogen) atoms. The van der Waals surface area contributed by atoms with Crippen molar-refractivity contribution in [2.45, 2.75) is 6.67 Å². The van der Waals surface area contributed by atoms with E-state index in [1.807, 2.05) is 6.07 Å². The number of aryl methyl sites for hydroxylation is 1. The second-order valence-electron chi connectivity index (χ2n) is 2.57. The van der Waals surface area contributed by atoms with Crippen molar-refractivity contribution in [3.63, 3.8) is 0 Å². The standard InChI is InChI=1S/C8H8FN3/c1-12-7(5-9)11-6-3-2-4-10-8(6)12/h2-4H,5H2,1H3. The molecule has 3 nitrogen and oxygen atoms in total. The van der Waals surface area contributed by atoms with Gasteiger partial charge in [-0.3, -0.25) is 0 Å². The first-order chi connectivity index (χ1) is 5.83. The topological polar surface area (TPSA) is 30.7 Å². The number of nitrogens with zero attached hydrogens (tertiary/aromatic N) is 3. The summed E-state index contributed by atoms with van der Waals surface area (Å²) in [7, 11) is 1.76. The van der Waals surface area contributed by atoms with Crippen molar-refractivity contribution in [2.75, 3.05) is 0 Å². The minimum absolute atomic E-state index is 0.420. The van der Waals surface area contributed by atoms with E-state index in [2.05, 4.69) is 9.97 Å². The van der Waals surface area contributed by atoms with Gasteiger partial charge in [0, 0.05) is 13.2 Å². The normalized spacial score (nSPS) is 10.8. The highest BCUT2D eigenvalue weighted by Gasteiger charge is 2.06. The molecule has 0 aliphatic rings. The minimum atomic E-state index is -0.549. The van der Waals surface area contributed by atoms with Crippen LogP contribution in [0.1, 0.15) is 5.82 Å². The van der Waals surface area contributed by atoms with E-state index < -0.39 is 6.67 Å². The maximum atomic E-state index is 12.3. The number of halogens is 1. The SMILES string of the molecule is Cn1c(CF)nc2cccnc21. The van der Waals surface area contributed by atoms with Gasteiger partial charge in [0.2, 0.25) is 0 Å². The lowest BCUT2D eigenvalue weighted by Crippen LogP contribution is -1.95. The molecule has 0 aromatic carbocycles. The summed E-state index contributed by atoms with van der Waals surface area (Å²) in [6, 6.07) is 3.61. The Bertz CT molecular complexity index is 408. The highest BCUT2D eigenvalue weighted by molar-refractivity contribution is 5.70. The van der Waals surface area contributed by atoms with E-state index in [0.717, 1.165) is 11.2 Å². The third-order valence-electron chi connectivity index (χ3n) is 1.84. The number of hydrogen-bond acceptors (Lipinski definition) is 2. The second kappa shape index (κ2) is 2.55. The van der Waals surface area contributed by atoms with Gasteiger partial charge in [0.1, 0.15) is 18.0 Å². The lowest BCUT2D eigenvalue weighted by Gasteiger charge is -1.94. The second-order valence-corrected chi connectivity index (χ2v) is 2.57. The van der Waals surface area contributed by atoms with Gasteiger partial charge in [0.05, 0.1) is 0 Å². The first-order valence-electron chi connectivity index (χ1n) is 3.65. The quantitative estimate of drug-likeness (QED) is 0.640. The van der Waals surface area contributed by atoms with Crippen LogP contribution >= 0.6 is 0 Å². The maximum Gasteiger partial charge on any atom is 0.159 e. The number of aromatic nitrogens is 3. The predicted octanol–water partition coefficient (Wildman–Crippen LogP) is 1.44. The van der Waals surface area contributed by atoms with Crippen molar-refractivity contribution in [3.8, 4) is 0 Å². The molecule has 4 heteroatoms. The van der Waals surface area contributed by atoms with Gasteiger partial charge in [0.15, 0.2) is 5.65 Å². The molecule has 0 spiro atoms. The molecule has 0 N–H and O–H groups in total. The van der Waals surface area contributed by atoms with Gasteiger partial charge in [-0.2, -0.15) is 0 Å². The number of imidazole rings is 1. The highest BCUT2D eigenvalue weighted by atomic mass is 19.1. The molecule has 62 valence electrons. The molecule has 0 bridgehead atoms. The monoisotopic (exact) mass is 165 g/mol. The molecular formula is C8H8FN3. The fraction of sp³-hybridized carbons (Fsp3) is 0.250. The largest absolute Gasteiger partial charge is 0.314 e. The zero-order valence-corrected chi connectivity index (χ0v) is 6.66. The lowest BCUT2D eigenvalue weighted by molar-refractivity contribution is 0.457. The smallest absolute Gasteiger partial charge is 0.159 e. The van der Waals surface area contributed by atoms with Gasteiger partial charge >= 0.3 is 0 Å². The summed E-state index contributed by atoms with van der Waals surface area (Å²) in [5.41, 5.74) is 1.47. The van der Waals surface area contributed by atoms with Crippen molar-refractivity contribution in [3.05, 3.63) is 24.2 Å². The predicted molar refractivity (Wildman–Crippen MR) is 43.3 cm³/mol. The molecule has 2 heterocycles. The Morgan fingerprint density at radius 1 is 1.58 bits per heavy atom. The summed E-state index contributed by atoms with van der Waals surface area (Å²) in [6.07, 6.45) is 1.67. The van der Waals surface area contributed by atoms with Crippen LogP contribution in [0.2, 0.25) is 0 Å². The molecule has 2 aromatic rings. The van der Waals surface area contributed by atoms with Crippen LogP contribution in [0.5, 0.6) is 0 Å². The Kier molecular flexibility index (Phi) is 1.53. The zero-order chi connectivity index (χ0) is 8.55. The summed E-state index contributed by atoms with van der Waals surface area (Å²) in [4.78, 5) is 8.14. The van der Waals surface area contributed by atoms with E-state index in [-0.39, 0.29) is 0 Å². The number of fused-ring (bicyclic) bond motifs is 1. The van der Waals surface area contributed by atoms with Gasteiger partial charge < -0.3 is 4.57 Å². The summed E-state index contributed by atoms with van der Waals surface area (Å²) >= 11 is 0. The Morgan fingerprint density at radius 2 is 2.42 bits per heavy atom. The number of hydrogen-bond donors (Lipinski definition) is 0. The van der Waals surface area contributed by atoms with E-state index in [4.69, 9.17) is 0 Å². The van der Waals surface area contributed by atoms with Crippen molar-refractivity contribution in [2.24, 2.45) is 7.05 Å². The molecule has 0 atom stereocenters. The van der Waals surface area contributed by atoms with Gasteiger partial charge in [-0.1, -0.05) is 0 Å². The number of pyridine rings is 1. The molecule has 0 amide bonds. The van der Waals surface area contributed by atoms with Crippen LogP contribution in [0.15, 0.2) is 18.3 Å². The molecule has 2 rings (SSSR count). The van der Waals surface area contributed by atoms with Crippen LogP contribution in [0.3, 0.4) is 0 Å². The molecule has 0 unspecified atom stereocenters. The van der Waals surface area contributed by atoms with Gasteiger partial charge in [-0.05, 0) is 12.1 Å². The van der Waals surface area contributed by atoms with E-state index in [1.54, 1.807) is 23.9 Å². The summed E-state index contributed by atoms with van der Waals surface area (Å²) in [6.45, 7) is -0.549. The fourth-order valence-corrected chi connectivity index (χ4v) is 1.19. The van der Waals surface area contributed by atoms with Crippen LogP contribution in [-0.2, 0) is 13.7 Å². The fourth-order valence-electron chi connectivity index (χ4n) is 1.19. The minimum Gasteiger partial charge on any atom is -0.314 e. The third-order valence-corrected chi connectivity index (χ3v) is 1.84. The summed E-state index contributed by atoms with van der Waals surface area (Å²) < 4.78 is 14.0. The van der Waals surface area contributed by atoms with Gasteiger partial charge in [0.25, 0.3) is 0 Å². The summed E-state index contributed by atoms with van der Waals surface area (Å²) in [5.74, 6) is 0.420. The number of rotatable bonds is 1. The molecule has 0 saturated heterocycles. The van der Waals surface area contributed by atoms with Crippen molar-refractivity contribution in [1.82, 2.24) is 14.5 Å². The summed E-state index contributed by atoms with van der Waals surface area (Å²) in [5, 5.41) is 0. The van der Waals surface area contributed by atoms with Crippen LogP contribution < -0.4 is 0 Å². The molecule has 0 aliphatic carbocycles. The van der Waals surface area contributed by atoms with E-state index in [1.165, 1.54) is 0 Å². The molecule has 0 saturated carbocycles.